The van der Waals surface area contributed by atoms with E-state index in [4.69, 9.17) is 10.5 Å². The number of amides is 1. The molecule has 146 valence electrons. The number of rotatable bonds is 9. The molecule has 0 bridgehead atoms. The summed E-state index contributed by atoms with van der Waals surface area (Å²) < 4.78 is 5.78. The average Bonchev–Trinajstić information content (AvgIpc) is 2.67. The minimum atomic E-state index is -1.10. The van der Waals surface area contributed by atoms with Crippen LogP contribution in [-0.4, -0.2) is 17.5 Å². The first-order chi connectivity index (χ1) is 12.8. The molecule has 0 aliphatic rings. The summed E-state index contributed by atoms with van der Waals surface area (Å²) in [5.74, 6) is 1.03. The molecular weight excluding hydrogens is 338 g/mol. The molecule has 3 N–H and O–H groups in total. The van der Waals surface area contributed by atoms with Crippen LogP contribution in [-0.2, 0) is 10.3 Å². The number of nitrogens with one attached hydrogen (secondary N) is 1. The first-order valence-electron chi connectivity index (χ1n) is 9.58. The van der Waals surface area contributed by atoms with Crippen molar-refractivity contribution < 1.29 is 9.53 Å². The zero-order chi connectivity index (χ0) is 19.9. The molecule has 0 radical (unpaired) electrons. The lowest BCUT2D eigenvalue weighted by Gasteiger charge is -2.26. The molecule has 2 rings (SSSR count). The standard InChI is InChI=1S/C22H31N3O2/c1-5-9-16(2)15-27-19-12-13-20(24-14-19)17(3)25-21(26)22(4,23)18-10-7-6-8-11-18/h6-8,10-14,16-17H,5,9,15,23H2,1-4H3,(H,25,26)/t16?,17-,22+/m0/s1. The predicted molar refractivity (Wildman–Crippen MR) is 108 cm³/mol. The van der Waals surface area contributed by atoms with Crippen LogP contribution in [0, 0.1) is 5.92 Å². The van der Waals surface area contributed by atoms with Crippen LogP contribution in [0.3, 0.4) is 0 Å². The second-order valence-corrected chi connectivity index (χ2v) is 7.39. The minimum Gasteiger partial charge on any atom is -0.492 e. The lowest BCUT2D eigenvalue weighted by molar-refractivity contribution is -0.126. The van der Waals surface area contributed by atoms with Crippen LogP contribution in [0.1, 0.15) is 57.8 Å². The van der Waals surface area contributed by atoms with Gasteiger partial charge in [-0.2, -0.15) is 0 Å². The summed E-state index contributed by atoms with van der Waals surface area (Å²) in [7, 11) is 0. The van der Waals surface area contributed by atoms with Crippen molar-refractivity contribution in [3.63, 3.8) is 0 Å². The summed E-state index contributed by atoms with van der Waals surface area (Å²) in [5, 5.41) is 2.95. The summed E-state index contributed by atoms with van der Waals surface area (Å²) >= 11 is 0. The number of hydrogen-bond donors (Lipinski definition) is 2. The van der Waals surface area contributed by atoms with E-state index >= 15 is 0 Å². The lowest BCUT2D eigenvalue weighted by Crippen LogP contribution is -2.49. The molecule has 5 heteroatoms. The molecule has 0 aliphatic carbocycles. The van der Waals surface area contributed by atoms with E-state index in [0.717, 1.165) is 29.8 Å². The first-order valence-corrected chi connectivity index (χ1v) is 9.58. The van der Waals surface area contributed by atoms with Crippen molar-refractivity contribution in [3.05, 3.63) is 59.9 Å². The Bertz CT molecular complexity index is 714. The first kappa shape index (κ1) is 20.9. The highest BCUT2D eigenvalue weighted by molar-refractivity contribution is 5.87. The Balaban J connectivity index is 1.95. The van der Waals surface area contributed by atoms with Crippen molar-refractivity contribution >= 4 is 5.91 Å². The molecular formula is C22H31N3O2. The van der Waals surface area contributed by atoms with Crippen LogP contribution in [0.15, 0.2) is 48.7 Å². The zero-order valence-electron chi connectivity index (χ0n) is 16.7. The molecule has 0 saturated heterocycles. The van der Waals surface area contributed by atoms with Crippen LogP contribution in [0.25, 0.3) is 0 Å². The smallest absolute Gasteiger partial charge is 0.244 e. The Hall–Kier alpha value is -2.40. The summed E-state index contributed by atoms with van der Waals surface area (Å²) in [6.45, 7) is 8.65. The third-order valence-corrected chi connectivity index (χ3v) is 4.71. The van der Waals surface area contributed by atoms with E-state index in [2.05, 4.69) is 24.1 Å². The number of hydrogen-bond acceptors (Lipinski definition) is 4. The third kappa shape index (κ3) is 5.79. The minimum absolute atomic E-state index is 0.239. The molecule has 1 amide bonds. The molecule has 1 aromatic heterocycles. The Labute approximate surface area is 162 Å². The van der Waals surface area contributed by atoms with Gasteiger partial charge in [-0.15, -0.1) is 0 Å². The van der Waals surface area contributed by atoms with Crippen molar-refractivity contribution in [3.8, 4) is 5.75 Å². The topological polar surface area (TPSA) is 77.2 Å². The van der Waals surface area contributed by atoms with Gasteiger partial charge in [-0.05, 0) is 43.9 Å². The molecule has 0 saturated carbocycles. The van der Waals surface area contributed by atoms with Crippen molar-refractivity contribution in [2.24, 2.45) is 11.7 Å². The number of ether oxygens (including phenoxy) is 1. The summed E-state index contributed by atoms with van der Waals surface area (Å²) in [6.07, 6.45) is 4.01. The van der Waals surface area contributed by atoms with Crippen LogP contribution in [0.5, 0.6) is 5.75 Å². The summed E-state index contributed by atoms with van der Waals surface area (Å²) in [5.41, 5.74) is 6.70. The molecule has 3 atom stereocenters. The van der Waals surface area contributed by atoms with E-state index in [1.165, 1.54) is 0 Å². The van der Waals surface area contributed by atoms with Gasteiger partial charge in [0.25, 0.3) is 0 Å². The van der Waals surface area contributed by atoms with Crippen molar-refractivity contribution in [2.75, 3.05) is 6.61 Å². The molecule has 2 aromatic rings. The number of pyridine rings is 1. The van der Waals surface area contributed by atoms with Gasteiger partial charge in [0.2, 0.25) is 5.91 Å². The molecule has 27 heavy (non-hydrogen) atoms. The van der Waals surface area contributed by atoms with Gasteiger partial charge in [0.15, 0.2) is 0 Å². The lowest BCUT2D eigenvalue weighted by atomic mass is 9.92. The van der Waals surface area contributed by atoms with E-state index in [1.54, 1.807) is 13.1 Å². The fraction of sp³-hybridized carbons (Fsp3) is 0.455. The molecule has 0 fully saturated rings. The van der Waals surface area contributed by atoms with E-state index in [-0.39, 0.29) is 11.9 Å². The van der Waals surface area contributed by atoms with Gasteiger partial charge in [0.05, 0.1) is 24.5 Å². The highest BCUT2D eigenvalue weighted by atomic mass is 16.5. The summed E-state index contributed by atoms with van der Waals surface area (Å²) in [4.78, 5) is 17.1. The third-order valence-electron chi connectivity index (χ3n) is 4.71. The molecule has 1 heterocycles. The van der Waals surface area contributed by atoms with E-state index in [1.807, 2.05) is 49.4 Å². The van der Waals surface area contributed by atoms with Crippen LogP contribution in [0.2, 0.25) is 0 Å². The van der Waals surface area contributed by atoms with Crippen LogP contribution in [0.4, 0.5) is 0 Å². The number of carbonyl (C=O) groups excluding carboxylic acids is 1. The second kappa shape index (κ2) is 9.51. The molecule has 5 nitrogen and oxygen atoms in total. The maximum Gasteiger partial charge on any atom is 0.244 e. The number of carbonyl (C=O) groups is 1. The van der Waals surface area contributed by atoms with Gasteiger partial charge in [0, 0.05) is 0 Å². The normalized spacial score (nSPS) is 15.4. The van der Waals surface area contributed by atoms with E-state index in [9.17, 15) is 4.79 Å². The molecule has 1 aromatic carbocycles. The van der Waals surface area contributed by atoms with Gasteiger partial charge < -0.3 is 15.8 Å². The van der Waals surface area contributed by atoms with E-state index in [0.29, 0.717) is 12.5 Å². The van der Waals surface area contributed by atoms with Crippen molar-refractivity contribution in [1.82, 2.24) is 10.3 Å². The van der Waals surface area contributed by atoms with Crippen LogP contribution < -0.4 is 15.8 Å². The van der Waals surface area contributed by atoms with E-state index < -0.39 is 5.54 Å². The Morgan fingerprint density at radius 1 is 1.22 bits per heavy atom. The predicted octanol–water partition coefficient (Wildman–Crippen LogP) is 3.95. The van der Waals surface area contributed by atoms with Gasteiger partial charge in [-0.3, -0.25) is 9.78 Å². The number of nitrogens with two attached hydrogens (primary N) is 1. The van der Waals surface area contributed by atoms with Crippen molar-refractivity contribution in [1.29, 1.82) is 0 Å². The van der Waals surface area contributed by atoms with Gasteiger partial charge in [-0.1, -0.05) is 50.6 Å². The molecule has 1 unspecified atom stereocenters. The van der Waals surface area contributed by atoms with Crippen molar-refractivity contribution in [2.45, 2.75) is 52.1 Å². The quantitative estimate of drug-likeness (QED) is 0.702. The van der Waals surface area contributed by atoms with Crippen LogP contribution >= 0.6 is 0 Å². The zero-order valence-corrected chi connectivity index (χ0v) is 16.7. The Morgan fingerprint density at radius 3 is 2.52 bits per heavy atom. The summed E-state index contributed by atoms with van der Waals surface area (Å²) in [6, 6.07) is 12.9. The van der Waals surface area contributed by atoms with Gasteiger partial charge in [0.1, 0.15) is 11.3 Å². The fourth-order valence-corrected chi connectivity index (χ4v) is 2.88. The SMILES string of the molecule is CCCC(C)COc1ccc([C@H](C)NC(=O)[C@](C)(N)c2ccccc2)nc1. The Kier molecular flexibility index (Phi) is 7.36. The number of aromatic nitrogens is 1. The highest BCUT2D eigenvalue weighted by Crippen LogP contribution is 2.20. The number of nitrogens with zero attached hydrogens (tertiary/aromatic N) is 1. The maximum atomic E-state index is 12.7. The second-order valence-electron chi connectivity index (χ2n) is 7.39. The Morgan fingerprint density at radius 2 is 1.93 bits per heavy atom. The largest absolute Gasteiger partial charge is 0.492 e. The van der Waals surface area contributed by atoms with Gasteiger partial charge >= 0.3 is 0 Å². The fourth-order valence-electron chi connectivity index (χ4n) is 2.88. The monoisotopic (exact) mass is 369 g/mol. The molecule has 0 aliphatic heterocycles. The molecule has 0 spiro atoms. The average molecular weight is 370 g/mol. The van der Waals surface area contributed by atoms with Gasteiger partial charge in [-0.25, -0.2) is 0 Å². The maximum absolute atomic E-state index is 12.7. The highest BCUT2D eigenvalue weighted by Gasteiger charge is 2.31. The number of benzene rings is 1.